The van der Waals surface area contributed by atoms with Crippen LogP contribution >= 0.6 is 0 Å². The lowest BCUT2D eigenvalue weighted by Gasteiger charge is -2.15. The Kier molecular flexibility index (Phi) is 6.53. The third kappa shape index (κ3) is 4.63. The molecule has 1 aliphatic heterocycles. The van der Waals surface area contributed by atoms with E-state index in [1.165, 1.54) is 0 Å². The van der Waals surface area contributed by atoms with Crippen LogP contribution in [-0.4, -0.2) is 50.6 Å². The summed E-state index contributed by atoms with van der Waals surface area (Å²) in [5.41, 5.74) is 2.22. The Morgan fingerprint density at radius 2 is 1.57 bits per heavy atom. The topological polar surface area (TPSA) is 67.9 Å². The first kappa shape index (κ1) is 19.7. The molecule has 0 bridgehead atoms. The molecule has 0 spiro atoms. The number of amides is 2. The third-order valence-corrected chi connectivity index (χ3v) is 4.93. The second kappa shape index (κ2) is 9.26. The molecule has 0 atom stereocenters. The number of rotatable bonds is 7. The van der Waals surface area contributed by atoms with Gasteiger partial charge in [0.15, 0.2) is 11.5 Å². The highest BCUT2D eigenvalue weighted by molar-refractivity contribution is 5.97. The van der Waals surface area contributed by atoms with Crippen LogP contribution < -0.4 is 14.8 Å². The van der Waals surface area contributed by atoms with E-state index in [9.17, 15) is 9.59 Å². The molecule has 2 aromatic rings. The van der Waals surface area contributed by atoms with Gasteiger partial charge in [-0.1, -0.05) is 6.07 Å². The molecule has 1 saturated heterocycles. The average Bonchev–Trinajstić information content (AvgIpc) is 3.28. The van der Waals surface area contributed by atoms with Crippen LogP contribution in [0.1, 0.15) is 39.1 Å². The van der Waals surface area contributed by atoms with Gasteiger partial charge in [0.2, 0.25) is 0 Å². The standard InChI is InChI=1S/C22H26N2O4/c1-27-19-10-5-16(15-20(19)28-2)11-12-23-21(25)17-6-8-18(9-7-17)22(26)24-13-3-4-14-24/h5-10,15H,3-4,11-14H2,1-2H3,(H,23,25). The van der Waals surface area contributed by atoms with Gasteiger partial charge in [0.05, 0.1) is 14.2 Å². The summed E-state index contributed by atoms with van der Waals surface area (Å²) in [4.78, 5) is 26.6. The van der Waals surface area contributed by atoms with Gasteiger partial charge in [-0.2, -0.15) is 0 Å². The molecule has 2 amide bonds. The summed E-state index contributed by atoms with van der Waals surface area (Å²) in [6.07, 6.45) is 2.80. The normalized spacial score (nSPS) is 13.3. The maximum absolute atomic E-state index is 12.4. The summed E-state index contributed by atoms with van der Waals surface area (Å²) in [5, 5.41) is 2.91. The highest BCUT2D eigenvalue weighted by Crippen LogP contribution is 2.27. The predicted molar refractivity (Wildman–Crippen MR) is 107 cm³/mol. The Labute approximate surface area is 165 Å². The van der Waals surface area contributed by atoms with Crippen molar-refractivity contribution < 1.29 is 19.1 Å². The fourth-order valence-corrected chi connectivity index (χ4v) is 3.33. The van der Waals surface area contributed by atoms with Crippen LogP contribution in [0.25, 0.3) is 0 Å². The van der Waals surface area contributed by atoms with Gasteiger partial charge in [-0.3, -0.25) is 9.59 Å². The number of hydrogen-bond acceptors (Lipinski definition) is 4. The molecule has 0 radical (unpaired) electrons. The van der Waals surface area contributed by atoms with Crippen molar-refractivity contribution in [3.8, 4) is 11.5 Å². The Morgan fingerprint density at radius 3 is 2.21 bits per heavy atom. The number of carbonyl (C=O) groups is 2. The number of nitrogens with one attached hydrogen (secondary N) is 1. The minimum absolute atomic E-state index is 0.0397. The van der Waals surface area contributed by atoms with E-state index in [2.05, 4.69) is 5.32 Å². The Balaban J connectivity index is 1.53. The van der Waals surface area contributed by atoms with Crippen LogP contribution in [0, 0.1) is 0 Å². The van der Waals surface area contributed by atoms with Crippen molar-refractivity contribution in [2.24, 2.45) is 0 Å². The van der Waals surface area contributed by atoms with Gasteiger partial charge in [-0.05, 0) is 61.2 Å². The average molecular weight is 382 g/mol. The van der Waals surface area contributed by atoms with Gasteiger partial charge in [0.1, 0.15) is 0 Å². The maximum Gasteiger partial charge on any atom is 0.253 e. The van der Waals surface area contributed by atoms with E-state index in [0.717, 1.165) is 31.5 Å². The smallest absolute Gasteiger partial charge is 0.253 e. The van der Waals surface area contributed by atoms with E-state index >= 15 is 0 Å². The number of benzene rings is 2. The first-order valence-corrected chi connectivity index (χ1v) is 9.51. The predicted octanol–water partition coefficient (Wildman–Crippen LogP) is 2.91. The number of methoxy groups -OCH3 is 2. The second-order valence-corrected chi connectivity index (χ2v) is 6.77. The molecule has 1 fully saturated rings. The van der Waals surface area contributed by atoms with Crippen molar-refractivity contribution in [1.82, 2.24) is 10.2 Å². The molecule has 0 saturated carbocycles. The molecule has 6 nitrogen and oxygen atoms in total. The number of ether oxygens (including phenoxy) is 2. The van der Waals surface area contributed by atoms with Gasteiger partial charge < -0.3 is 19.7 Å². The van der Waals surface area contributed by atoms with E-state index in [4.69, 9.17) is 9.47 Å². The van der Waals surface area contributed by atoms with Gasteiger partial charge in [0, 0.05) is 30.8 Å². The first-order valence-electron chi connectivity index (χ1n) is 9.51. The van der Waals surface area contributed by atoms with E-state index in [-0.39, 0.29) is 11.8 Å². The van der Waals surface area contributed by atoms with Crippen molar-refractivity contribution in [1.29, 1.82) is 0 Å². The zero-order valence-corrected chi connectivity index (χ0v) is 16.4. The molecule has 1 heterocycles. The number of nitrogens with zero attached hydrogens (tertiary/aromatic N) is 1. The Morgan fingerprint density at radius 1 is 0.929 bits per heavy atom. The molecule has 0 unspecified atom stereocenters. The first-order chi connectivity index (χ1) is 13.6. The summed E-state index contributed by atoms with van der Waals surface area (Å²) in [5.74, 6) is 1.24. The molecule has 1 aliphatic rings. The SMILES string of the molecule is COc1ccc(CCNC(=O)c2ccc(C(=O)N3CCCC3)cc2)cc1OC. The summed E-state index contributed by atoms with van der Waals surface area (Å²) in [6, 6.07) is 12.6. The van der Waals surface area contributed by atoms with Gasteiger partial charge in [0.25, 0.3) is 11.8 Å². The number of likely N-dealkylation sites (tertiary alicyclic amines) is 1. The Hall–Kier alpha value is -3.02. The van der Waals surface area contributed by atoms with Gasteiger partial charge in [-0.25, -0.2) is 0 Å². The summed E-state index contributed by atoms with van der Waals surface area (Å²) >= 11 is 0. The fourth-order valence-electron chi connectivity index (χ4n) is 3.33. The fraction of sp³-hybridized carbons (Fsp3) is 0.364. The van der Waals surface area contributed by atoms with Crippen LogP contribution in [0.15, 0.2) is 42.5 Å². The van der Waals surface area contributed by atoms with Crippen molar-refractivity contribution in [2.45, 2.75) is 19.3 Å². The van der Waals surface area contributed by atoms with Gasteiger partial charge >= 0.3 is 0 Å². The van der Waals surface area contributed by atoms with E-state index < -0.39 is 0 Å². The minimum atomic E-state index is -0.152. The van der Waals surface area contributed by atoms with Crippen LogP contribution in [-0.2, 0) is 6.42 Å². The molecule has 28 heavy (non-hydrogen) atoms. The zero-order valence-electron chi connectivity index (χ0n) is 16.4. The summed E-state index contributed by atoms with van der Waals surface area (Å²) < 4.78 is 10.5. The largest absolute Gasteiger partial charge is 0.493 e. The molecule has 0 aliphatic carbocycles. The highest BCUT2D eigenvalue weighted by atomic mass is 16.5. The summed E-state index contributed by atoms with van der Waals surface area (Å²) in [6.45, 7) is 2.14. The molecule has 2 aromatic carbocycles. The second-order valence-electron chi connectivity index (χ2n) is 6.77. The monoisotopic (exact) mass is 382 g/mol. The lowest BCUT2D eigenvalue weighted by Crippen LogP contribution is -2.28. The third-order valence-electron chi connectivity index (χ3n) is 4.93. The van der Waals surface area contributed by atoms with Crippen molar-refractivity contribution in [3.63, 3.8) is 0 Å². The zero-order chi connectivity index (χ0) is 19.9. The lowest BCUT2D eigenvalue weighted by atomic mass is 10.1. The summed E-state index contributed by atoms with van der Waals surface area (Å²) in [7, 11) is 3.20. The van der Waals surface area contributed by atoms with Crippen molar-refractivity contribution in [2.75, 3.05) is 33.9 Å². The molecule has 3 rings (SSSR count). The molecule has 1 N–H and O–H groups in total. The van der Waals surface area contributed by atoms with Crippen LogP contribution in [0.5, 0.6) is 11.5 Å². The molecular weight excluding hydrogens is 356 g/mol. The van der Waals surface area contributed by atoms with E-state index in [0.29, 0.717) is 35.6 Å². The highest BCUT2D eigenvalue weighted by Gasteiger charge is 2.19. The van der Waals surface area contributed by atoms with Crippen molar-refractivity contribution >= 4 is 11.8 Å². The van der Waals surface area contributed by atoms with Gasteiger partial charge in [-0.15, -0.1) is 0 Å². The number of carbonyl (C=O) groups excluding carboxylic acids is 2. The van der Waals surface area contributed by atoms with Crippen molar-refractivity contribution in [3.05, 3.63) is 59.2 Å². The maximum atomic E-state index is 12.4. The van der Waals surface area contributed by atoms with Crippen LogP contribution in [0.4, 0.5) is 0 Å². The van der Waals surface area contributed by atoms with E-state index in [1.807, 2.05) is 23.1 Å². The van der Waals surface area contributed by atoms with Crippen LogP contribution in [0.2, 0.25) is 0 Å². The van der Waals surface area contributed by atoms with E-state index in [1.54, 1.807) is 38.5 Å². The molecule has 148 valence electrons. The number of hydrogen-bond donors (Lipinski definition) is 1. The lowest BCUT2D eigenvalue weighted by molar-refractivity contribution is 0.0792. The molecular formula is C22H26N2O4. The van der Waals surface area contributed by atoms with Crippen LogP contribution in [0.3, 0.4) is 0 Å². The Bertz CT molecular complexity index is 827. The molecule has 6 heteroatoms. The quantitative estimate of drug-likeness (QED) is 0.800. The minimum Gasteiger partial charge on any atom is -0.493 e. The molecule has 0 aromatic heterocycles.